The zero-order valence-corrected chi connectivity index (χ0v) is 10.9. The zero-order valence-electron chi connectivity index (χ0n) is 10.1. The molecule has 21 heavy (non-hydrogen) atoms. The smallest absolute Gasteiger partial charge is 0.478 e. The second kappa shape index (κ2) is 4.92. The van der Waals surface area contributed by atoms with Crippen molar-refractivity contribution in [3.05, 3.63) is 40.2 Å². The zero-order chi connectivity index (χ0) is 15.8. The number of nitrogens with two attached hydrogens (primary N) is 1. The lowest BCUT2D eigenvalue weighted by atomic mass is 10.2. The molecule has 0 aliphatic carbocycles. The third-order valence-electron chi connectivity index (χ3n) is 2.42. The Morgan fingerprint density at radius 2 is 2.10 bits per heavy atom. The van der Waals surface area contributed by atoms with E-state index in [9.17, 15) is 23.3 Å². The van der Waals surface area contributed by atoms with Crippen molar-refractivity contribution in [3.8, 4) is 5.69 Å². The van der Waals surface area contributed by atoms with Crippen LogP contribution in [0.1, 0.15) is 10.4 Å². The molecule has 0 atom stereocenters. The first kappa shape index (κ1) is 14.5. The van der Waals surface area contributed by atoms with Gasteiger partial charge in [0.25, 0.3) is 0 Å². The van der Waals surface area contributed by atoms with Gasteiger partial charge in [0, 0.05) is 5.10 Å². The van der Waals surface area contributed by atoms with Crippen LogP contribution in [0.4, 0.5) is 5.95 Å². The Morgan fingerprint density at radius 1 is 1.43 bits per heavy atom. The van der Waals surface area contributed by atoms with Crippen molar-refractivity contribution in [1.29, 1.82) is 0 Å². The van der Waals surface area contributed by atoms with Crippen LogP contribution in [0.2, 0.25) is 0 Å². The quantitative estimate of drug-likeness (QED) is 0.562. The van der Waals surface area contributed by atoms with E-state index < -0.39 is 37.3 Å². The van der Waals surface area contributed by atoms with Crippen LogP contribution in [-0.4, -0.2) is 39.2 Å². The van der Waals surface area contributed by atoms with Gasteiger partial charge in [-0.05, 0) is 23.1 Å². The molecule has 1 aromatic carbocycles. The maximum atomic E-state index is 11.2. The van der Waals surface area contributed by atoms with E-state index in [1.54, 1.807) is 0 Å². The molecular weight excluding hydrogens is 306 g/mol. The van der Waals surface area contributed by atoms with Crippen molar-refractivity contribution in [2.75, 3.05) is 0 Å². The molecule has 2 aromatic rings. The first-order valence-electron chi connectivity index (χ1n) is 5.16. The number of carbonyl (C=O) groups is 1. The summed E-state index contributed by atoms with van der Waals surface area (Å²) < 4.78 is 23.3. The molecule has 0 aliphatic rings. The van der Waals surface area contributed by atoms with Crippen LogP contribution in [0.5, 0.6) is 0 Å². The summed E-state index contributed by atoms with van der Waals surface area (Å²) in [6.45, 7) is 0. The van der Waals surface area contributed by atoms with Gasteiger partial charge in [-0.15, -0.1) is 4.68 Å². The number of aromatic carboxylic acids is 1. The van der Waals surface area contributed by atoms with Gasteiger partial charge < -0.3 is 15.2 Å². The minimum absolute atomic E-state index is 0.0875. The number of primary sulfonamides is 1. The summed E-state index contributed by atoms with van der Waals surface area (Å²) in [6, 6.07) is 3.01. The second-order valence-electron chi connectivity index (χ2n) is 3.78. The Bertz CT molecular complexity index is 842. The third kappa shape index (κ3) is 2.85. The van der Waals surface area contributed by atoms with Crippen LogP contribution in [0, 0.1) is 10.1 Å². The maximum Gasteiger partial charge on any atom is 0.491 e. The summed E-state index contributed by atoms with van der Waals surface area (Å²) >= 11 is 0. The molecule has 12 heteroatoms. The van der Waals surface area contributed by atoms with Crippen molar-refractivity contribution in [1.82, 2.24) is 14.8 Å². The fourth-order valence-corrected chi connectivity index (χ4v) is 2.06. The van der Waals surface area contributed by atoms with Gasteiger partial charge in [0.15, 0.2) is 0 Å². The lowest BCUT2D eigenvalue weighted by molar-refractivity contribution is -0.394. The normalized spacial score (nSPS) is 11.3. The second-order valence-corrected chi connectivity index (χ2v) is 5.34. The van der Waals surface area contributed by atoms with Crippen LogP contribution >= 0.6 is 0 Å². The van der Waals surface area contributed by atoms with E-state index in [0.717, 1.165) is 29.2 Å². The SMILES string of the molecule is NS(=O)(=O)c1ccc(-n2cnc([N+](=O)[O-])n2)c(C(=O)O)c1. The highest BCUT2D eigenvalue weighted by Crippen LogP contribution is 2.19. The van der Waals surface area contributed by atoms with E-state index in [1.165, 1.54) is 0 Å². The van der Waals surface area contributed by atoms with E-state index in [-0.39, 0.29) is 5.69 Å². The van der Waals surface area contributed by atoms with Crippen LogP contribution in [-0.2, 0) is 10.0 Å². The number of sulfonamides is 1. The number of carboxylic acid groups (broad SMARTS) is 1. The number of rotatable bonds is 4. The Morgan fingerprint density at radius 3 is 2.57 bits per heavy atom. The van der Waals surface area contributed by atoms with Crippen molar-refractivity contribution in [3.63, 3.8) is 0 Å². The molecule has 0 unspecified atom stereocenters. The average molecular weight is 313 g/mol. The molecule has 0 fully saturated rings. The minimum atomic E-state index is -4.08. The van der Waals surface area contributed by atoms with E-state index in [2.05, 4.69) is 10.1 Å². The number of aromatic nitrogens is 3. The molecule has 0 saturated heterocycles. The monoisotopic (exact) mass is 313 g/mol. The molecule has 1 heterocycles. The lowest BCUT2D eigenvalue weighted by Crippen LogP contribution is -2.14. The number of carboxylic acids is 1. The van der Waals surface area contributed by atoms with Crippen LogP contribution in [0.3, 0.4) is 0 Å². The number of hydrogen-bond donors (Lipinski definition) is 2. The fourth-order valence-electron chi connectivity index (χ4n) is 1.52. The van der Waals surface area contributed by atoms with Gasteiger partial charge in [0.1, 0.15) is 0 Å². The Kier molecular flexibility index (Phi) is 3.40. The first-order valence-corrected chi connectivity index (χ1v) is 6.71. The van der Waals surface area contributed by atoms with E-state index in [1.807, 2.05) is 0 Å². The van der Waals surface area contributed by atoms with E-state index >= 15 is 0 Å². The van der Waals surface area contributed by atoms with Gasteiger partial charge in [-0.1, -0.05) is 4.98 Å². The topological polar surface area (TPSA) is 171 Å². The van der Waals surface area contributed by atoms with E-state index in [0.29, 0.717) is 0 Å². The number of hydrogen-bond acceptors (Lipinski definition) is 7. The van der Waals surface area contributed by atoms with Crippen molar-refractivity contribution < 1.29 is 23.2 Å². The maximum absolute atomic E-state index is 11.2. The summed E-state index contributed by atoms with van der Waals surface area (Å²) in [6.07, 6.45) is 0.941. The Labute approximate surface area is 116 Å². The van der Waals surface area contributed by atoms with Gasteiger partial charge in [-0.2, -0.15) is 0 Å². The van der Waals surface area contributed by atoms with Crippen molar-refractivity contribution in [2.24, 2.45) is 5.14 Å². The molecule has 2 rings (SSSR count). The highest BCUT2D eigenvalue weighted by Gasteiger charge is 2.21. The highest BCUT2D eigenvalue weighted by atomic mass is 32.2. The summed E-state index contributed by atoms with van der Waals surface area (Å²) in [7, 11) is -4.08. The standard InChI is InChI=1S/C9H7N5O6S/c10-21(19,20)5-1-2-7(6(3-5)8(15)16)13-4-11-9(12-13)14(17)18/h1-4H,(H,15,16)(H2,10,19,20). The molecule has 110 valence electrons. The number of nitro groups is 1. The Hall–Kier alpha value is -2.86. The molecule has 0 aliphatic heterocycles. The van der Waals surface area contributed by atoms with E-state index in [4.69, 9.17) is 10.2 Å². The predicted molar refractivity (Wildman–Crippen MR) is 66.3 cm³/mol. The van der Waals surface area contributed by atoms with Crippen molar-refractivity contribution >= 4 is 21.9 Å². The molecule has 0 spiro atoms. The predicted octanol–water partition coefficient (Wildman–Crippen LogP) is -0.479. The average Bonchev–Trinajstić information content (AvgIpc) is 2.86. The molecule has 11 nitrogen and oxygen atoms in total. The summed E-state index contributed by atoms with van der Waals surface area (Å²) in [4.78, 5) is 23.8. The van der Waals surface area contributed by atoms with Gasteiger partial charge in [-0.25, -0.2) is 18.4 Å². The van der Waals surface area contributed by atoms with Gasteiger partial charge in [0.05, 0.1) is 16.1 Å². The molecule has 3 N–H and O–H groups in total. The minimum Gasteiger partial charge on any atom is -0.478 e. The van der Waals surface area contributed by atoms with Gasteiger partial charge >= 0.3 is 11.9 Å². The van der Waals surface area contributed by atoms with Crippen LogP contribution < -0.4 is 5.14 Å². The number of benzene rings is 1. The summed E-state index contributed by atoms with van der Waals surface area (Å²) in [5, 5.41) is 28.0. The molecular formula is C9H7N5O6S. The van der Waals surface area contributed by atoms with Crippen LogP contribution in [0.25, 0.3) is 5.69 Å². The summed E-state index contributed by atoms with van der Waals surface area (Å²) in [5.41, 5.74) is -0.531. The highest BCUT2D eigenvalue weighted by molar-refractivity contribution is 7.89. The molecule has 0 radical (unpaired) electrons. The first-order chi connectivity index (χ1) is 9.70. The third-order valence-corrected chi connectivity index (χ3v) is 3.33. The van der Waals surface area contributed by atoms with Crippen LogP contribution in [0.15, 0.2) is 29.4 Å². The van der Waals surface area contributed by atoms with Gasteiger partial charge in [0.2, 0.25) is 16.4 Å². The Balaban J connectivity index is 2.63. The summed E-state index contributed by atoms with van der Waals surface area (Å²) in [5.74, 6) is -2.17. The molecule has 0 bridgehead atoms. The molecule has 0 saturated carbocycles. The molecule has 0 amide bonds. The van der Waals surface area contributed by atoms with Gasteiger partial charge in [-0.3, -0.25) is 0 Å². The van der Waals surface area contributed by atoms with Crippen molar-refractivity contribution in [2.45, 2.75) is 4.90 Å². The fraction of sp³-hybridized carbons (Fsp3) is 0. The molecule has 1 aromatic heterocycles. The number of nitrogens with zero attached hydrogens (tertiary/aromatic N) is 4. The largest absolute Gasteiger partial charge is 0.491 e. The lowest BCUT2D eigenvalue weighted by Gasteiger charge is -2.05.